The first kappa shape index (κ1) is 21.3. The number of benzene rings is 2. The van der Waals surface area contributed by atoms with Gasteiger partial charge < -0.3 is 16.4 Å². The monoisotopic (exact) mass is 422 g/mol. The molecule has 31 heavy (non-hydrogen) atoms. The minimum atomic E-state index is -1.26. The van der Waals surface area contributed by atoms with Gasteiger partial charge in [0.05, 0.1) is 17.7 Å². The third-order valence-corrected chi connectivity index (χ3v) is 6.54. The Bertz CT molecular complexity index is 1010. The lowest BCUT2D eigenvalue weighted by atomic mass is 9.77. The van der Waals surface area contributed by atoms with Gasteiger partial charge in [-0.15, -0.1) is 0 Å². The lowest BCUT2D eigenvalue weighted by Gasteiger charge is -2.37. The van der Waals surface area contributed by atoms with Crippen molar-refractivity contribution in [3.05, 3.63) is 70.0 Å². The molecule has 4 rings (SSSR count). The summed E-state index contributed by atoms with van der Waals surface area (Å²) in [7, 11) is 0. The highest BCUT2D eigenvalue weighted by atomic mass is 16.6. The van der Waals surface area contributed by atoms with Crippen LogP contribution in [0.15, 0.2) is 59.4 Å². The van der Waals surface area contributed by atoms with Crippen molar-refractivity contribution in [3.63, 3.8) is 0 Å². The van der Waals surface area contributed by atoms with E-state index in [0.29, 0.717) is 37.3 Å². The molecule has 0 saturated heterocycles. The topological polar surface area (TPSA) is 132 Å². The molecule has 0 bridgehead atoms. The van der Waals surface area contributed by atoms with Crippen LogP contribution in [0.4, 0.5) is 0 Å². The van der Waals surface area contributed by atoms with Gasteiger partial charge in [0.15, 0.2) is 11.6 Å². The third kappa shape index (κ3) is 4.70. The summed E-state index contributed by atoms with van der Waals surface area (Å²) in [5.41, 5.74) is 12.1. The highest BCUT2D eigenvalue weighted by Gasteiger charge is 2.44. The van der Waals surface area contributed by atoms with E-state index in [2.05, 4.69) is 33.8 Å². The maximum Gasteiger partial charge on any atom is 0.301 e. The Morgan fingerprint density at radius 3 is 2.55 bits per heavy atom. The highest BCUT2D eigenvalue weighted by molar-refractivity contribution is 5.86. The normalized spacial score (nSPS) is 27.4. The van der Waals surface area contributed by atoms with Crippen molar-refractivity contribution in [2.75, 3.05) is 6.54 Å². The molecule has 1 unspecified atom stereocenters. The predicted molar refractivity (Wildman–Crippen MR) is 122 cm³/mol. The number of fused-ring (bicyclic) bond motifs is 1. The Morgan fingerprint density at radius 2 is 1.81 bits per heavy atom. The van der Waals surface area contributed by atoms with E-state index in [0.717, 1.165) is 42.0 Å². The second-order valence-corrected chi connectivity index (χ2v) is 8.66. The molecule has 2 aromatic carbocycles. The van der Waals surface area contributed by atoms with Crippen LogP contribution < -0.4 is 22.1 Å². The lowest BCUT2D eigenvalue weighted by Crippen LogP contribution is -2.64. The van der Waals surface area contributed by atoms with E-state index in [9.17, 15) is 10.1 Å². The molecule has 0 aromatic heterocycles. The van der Waals surface area contributed by atoms with Crippen LogP contribution in [0.3, 0.4) is 0 Å². The molecule has 8 nitrogen and oxygen atoms in total. The van der Waals surface area contributed by atoms with Gasteiger partial charge in [-0.05, 0) is 66.8 Å². The molecule has 1 heterocycles. The van der Waals surface area contributed by atoms with E-state index < -0.39 is 10.6 Å². The first-order chi connectivity index (χ1) is 15.0. The molecule has 1 fully saturated rings. The summed E-state index contributed by atoms with van der Waals surface area (Å²) in [6.07, 6.45) is 5.95. The smallest absolute Gasteiger partial charge is 0.301 e. The molecule has 2 aromatic rings. The zero-order valence-electron chi connectivity index (χ0n) is 17.6. The molecule has 8 heteroatoms. The quantitative estimate of drug-likeness (QED) is 0.418. The van der Waals surface area contributed by atoms with Crippen molar-refractivity contribution < 1.29 is 4.92 Å². The fourth-order valence-corrected chi connectivity index (χ4v) is 4.75. The summed E-state index contributed by atoms with van der Waals surface area (Å²) >= 11 is 0. The van der Waals surface area contributed by atoms with Crippen LogP contribution in [0.25, 0.3) is 10.8 Å². The molecule has 0 amide bonds. The Morgan fingerprint density at radius 1 is 1.10 bits per heavy atom. The zero-order chi connectivity index (χ0) is 21.8. The number of nitrogens with one attached hydrogen (secondary N) is 2. The summed E-state index contributed by atoms with van der Waals surface area (Å²) in [5.74, 6) is 1.33. The van der Waals surface area contributed by atoms with Gasteiger partial charge in [0.1, 0.15) is 0 Å². The average molecular weight is 423 g/mol. The Kier molecular flexibility index (Phi) is 6.20. The third-order valence-electron chi connectivity index (χ3n) is 6.54. The van der Waals surface area contributed by atoms with E-state index in [-0.39, 0.29) is 5.70 Å². The minimum absolute atomic E-state index is 0.0578. The van der Waals surface area contributed by atoms with E-state index in [4.69, 9.17) is 11.5 Å². The van der Waals surface area contributed by atoms with Gasteiger partial charge in [0, 0.05) is 0 Å². The Balaban J connectivity index is 1.52. The first-order valence-corrected chi connectivity index (χ1v) is 10.9. The van der Waals surface area contributed by atoms with E-state index in [1.54, 1.807) is 0 Å². The number of nitro groups is 1. The summed E-state index contributed by atoms with van der Waals surface area (Å²) in [4.78, 5) is 15.9. The molecular weight excluding hydrogens is 392 g/mol. The van der Waals surface area contributed by atoms with Gasteiger partial charge in [-0.25, -0.2) is 4.99 Å². The fourth-order valence-electron chi connectivity index (χ4n) is 4.75. The molecule has 1 aliphatic carbocycles. The molecule has 1 atom stereocenters. The summed E-state index contributed by atoms with van der Waals surface area (Å²) in [6, 6.07) is 14.3. The van der Waals surface area contributed by atoms with Gasteiger partial charge in [-0.1, -0.05) is 42.5 Å². The Hall–Kier alpha value is -2.97. The number of hydrogen-bond acceptors (Lipinski definition) is 5. The van der Waals surface area contributed by atoms with Crippen LogP contribution in [0.1, 0.15) is 37.7 Å². The second kappa shape index (κ2) is 9.03. The molecule has 0 radical (unpaired) electrons. The summed E-state index contributed by atoms with van der Waals surface area (Å²) < 4.78 is 0. The predicted octanol–water partition coefficient (Wildman–Crippen LogP) is 2.82. The van der Waals surface area contributed by atoms with Crippen LogP contribution in [-0.4, -0.2) is 23.1 Å². The molecule has 0 spiro atoms. The Labute approximate surface area is 181 Å². The number of rotatable bonds is 6. The minimum Gasteiger partial charge on any atom is -0.330 e. The number of guanidine groups is 1. The van der Waals surface area contributed by atoms with Crippen LogP contribution in [0.5, 0.6) is 0 Å². The second-order valence-electron chi connectivity index (χ2n) is 8.66. The van der Waals surface area contributed by atoms with Crippen LogP contribution in [0, 0.1) is 22.0 Å². The molecular formula is C23H30N6O2. The molecule has 1 saturated carbocycles. The average Bonchev–Trinajstić information content (AvgIpc) is 2.77. The largest absolute Gasteiger partial charge is 0.330 e. The van der Waals surface area contributed by atoms with Crippen molar-refractivity contribution >= 4 is 16.7 Å². The first-order valence-electron chi connectivity index (χ1n) is 10.9. The number of nitrogens with two attached hydrogens (primary N) is 2. The van der Waals surface area contributed by atoms with E-state index in [1.165, 1.54) is 6.20 Å². The molecule has 1 aliphatic heterocycles. The van der Waals surface area contributed by atoms with Gasteiger partial charge in [-0.3, -0.25) is 15.8 Å². The van der Waals surface area contributed by atoms with Gasteiger partial charge >= 0.3 is 5.70 Å². The maximum absolute atomic E-state index is 11.7. The van der Waals surface area contributed by atoms with E-state index in [1.807, 2.05) is 24.3 Å². The van der Waals surface area contributed by atoms with Crippen LogP contribution >= 0.6 is 0 Å². The maximum atomic E-state index is 11.7. The number of nitrogens with zero attached hydrogens (tertiary/aromatic N) is 2. The molecule has 164 valence electrons. The fraction of sp³-hybridized carbons (Fsp3) is 0.435. The zero-order valence-corrected chi connectivity index (χ0v) is 17.6. The van der Waals surface area contributed by atoms with Crippen molar-refractivity contribution in [3.8, 4) is 0 Å². The molecule has 2 aliphatic rings. The van der Waals surface area contributed by atoms with Crippen LogP contribution in [0.2, 0.25) is 0 Å². The van der Waals surface area contributed by atoms with Crippen molar-refractivity contribution in [1.29, 1.82) is 0 Å². The van der Waals surface area contributed by atoms with E-state index >= 15 is 0 Å². The SMILES string of the molecule is NCC1CCC(CC2(N)NC(=NCc3cccc4ccccc34)NC=C2[N+](=O)[O-])CC1. The van der Waals surface area contributed by atoms with Crippen molar-refractivity contribution in [2.24, 2.45) is 28.3 Å². The lowest BCUT2D eigenvalue weighted by molar-refractivity contribution is -0.437. The van der Waals surface area contributed by atoms with Crippen molar-refractivity contribution in [1.82, 2.24) is 10.6 Å². The number of aliphatic imine (C=N–C) groups is 1. The number of hydrogen-bond donors (Lipinski definition) is 4. The summed E-state index contributed by atoms with van der Waals surface area (Å²) in [6.45, 7) is 1.14. The standard InChI is InChI=1S/C23H30N6O2/c24-13-17-10-8-16(9-11-17)12-23(25)21(29(30)31)15-27-22(28-23)26-14-19-6-3-5-18-4-1-2-7-20(18)19/h1-7,15-17H,8-14,24-25H2,(H2,26,27,28). The van der Waals surface area contributed by atoms with Gasteiger partial charge in [-0.2, -0.15) is 0 Å². The van der Waals surface area contributed by atoms with Crippen molar-refractivity contribution in [2.45, 2.75) is 44.3 Å². The molecule has 6 N–H and O–H groups in total. The highest BCUT2D eigenvalue weighted by Crippen LogP contribution is 2.34. The summed E-state index contributed by atoms with van der Waals surface area (Å²) in [5, 5.41) is 20.0. The van der Waals surface area contributed by atoms with Gasteiger partial charge in [0.2, 0.25) is 0 Å². The van der Waals surface area contributed by atoms with Crippen LogP contribution in [-0.2, 0) is 6.54 Å². The van der Waals surface area contributed by atoms with Gasteiger partial charge in [0.25, 0.3) is 0 Å².